The first-order chi connectivity index (χ1) is 12.5. The van der Waals surface area contributed by atoms with Crippen LogP contribution < -0.4 is 11.2 Å². The third kappa shape index (κ3) is 3.71. The van der Waals surface area contributed by atoms with E-state index in [4.69, 9.17) is 0 Å². The number of hydrogen-bond donors (Lipinski definition) is 1. The molecule has 1 N–H and O–H groups in total. The van der Waals surface area contributed by atoms with Crippen LogP contribution in [0, 0.1) is 0 Å². The van der Waals surface area contributed by atoms with Crippen molar-refractivity contribution in [2.24, 2.45) is 5.10 Å². The van der Waals surface area contributed by atoms with Crippen LogP contribution in [0.2, 0.25) is 0 Å². The summed E-state index contributed by atoms with van der Waals surface area (Å²) in [4.78, 5) is 26.2. The fourth-order valence-corrected chi connectivity index (χ4v) is 4.26. The summed E-state index contributed by atoms with van der Waals surface area (Å²) in [5.41, 5.74) is -0.653. The summed E-state index contributed by atoms with van der Waals surface area (Å²) in [5, 5.41) is 16.5. The Morgan fingerprint density at radius 1 is 0.923 bits per heavy atom. The van der Waals surface area contributed by atoms with E-state index in [1.807, 2.05) is 0 Å². The van der Waals surface area contributed by atoms with Crippen LogP contribution in [0.5, 0.6) is 5.88 Å². The lowest BCUT2D eigenvalue weighted by atomic mass is 9.94. The molecule has 144 valence electrons. The summed E-state index contributed by atoms with van der Waals surface area (Å²) in [6, 6.07) is -0.121. The first-order valence-electron chi connectivity index (χ1n) is 9.82. The highest BCUT2D eigenvalue weighted by Crippen LogP contribution is 2.31. The molecule has 0 spiro atoms. The first kappa shape index (κ1) is 18.7. The lowest BCUT2D eigenvalue weighted by Gasteiger charge is -2.29. The van der Waals surface area contributed by atoms with Crippen LogP contribution in [-0.2, 0) is 0 Å². The Balaban J connectivity index is 2.17. The molecule has 0 aromatic carbocycles. The minimum Gasteiger partial charge on any atom is -0.494 e. The van der Waals surface area contributed by atoms with E-state index in [1.54, 1.807) is 19.1 Å². The van der Waals surface area contributed by atoms with Gasteiger partial charge >= 0.3 is 5.69 Å². The second kappa shape index (κ2) is 8.10. The minimum absolute atomic E-state index is 0.0433. The number of rotatable bonds is 4. The summed E-state index contributed by atoms with van der Waals surface area (Å²) in [6.45, 7) is 0. The van der Waals surface area contributed by atoms with Gasteiger partial charge in [-0.2, -0.15) is 5.10 Å². The maximum absolute atomic E-state index is 13.2. The molecular formula is C19H30N4O3. The maximum Gasteiger partial charge on any atom is 0.334 e. The van der Waals surface area contributed by atoms with Crippen molar-refractivity contribution < 1.29 is 5.11 Å². The third-order valence-electron chi connectivity index (χ3n) is 5.63. The molecule has 1 aromatic heterocycles. The Hall–Kier alpha value is -2.05. The van der Waals surface area contributed by atoms with Crippen molar-refractivity contribution in [1.29, 1.82) is 0 Å². The first-order valence-corrected chi connectivity index (χ1v) is 9.82. The smallest absolute Gasteiger partial charge is 0.334 e. The molecule has 0 amide bonds. The van der Waals surface area contributed by atoms with Crippen LogP contribution >= 0.6 is 0 Å². The average molecular weight is 362 g/mol. The molecule has 2 aliphatic rings. The lowest BCUT2D eigenvalue weighted by Crippen LogP contribution is -2.45. The van der Waals surface area contributed by atoms with Crippen molar-refractivity contribution in [2.75, 3.05) is 14.1 Å². The van der Waals surface area contributed by atoms with Gasteiger partial charge in [0.05, 0.1) is 6.21 Å². The maximum atomic E-state index is 13.2. The number of nitrogens with zero attached hydrogens (tertiary/aromatic N) is 4. The van der Waals surface area contributed by atoms with E-state index in [-0.39, 0.29) is 29.2 Å². The van der Waals surface area contributed by atoms with Gasteiger partial charge in [-0.1, -0.05) is 38.5 Å². The standard InChI is InChI=1S/C19H30N4O3/c1-21(2)20-13-16-17(24)22(14-9-5-3-6-10-14)19(26)23(18(16)25)15-11-7-4-8-12-15/h13-15,24H,3-12H2,1-2H3/b20-13+. The molecule has 0 saturated heterocycles. The molecule has 2 aliphatic carbocycles. The largest absolute Gasteiger partial charge is 0.494 e. The molecular weight excluding hydrogens is 332 g/mol. The summed E-state index contributed by atoms with van der Waals surface area (Å²) < 4.78 is 2.86. The molecule has 0 radical (unpaired) electrons. The van der Waals surface area contributed by atoms with Crippen molar-refractivity contribution in [1.82, 2.24) is 14.1 Å². The average Bonchev–Trinajstić information content (AvgIpc) is 2.63. The molecule has 2 saturated carbocycles. The molecule has 0 unspecified atom stereocenters. The highest BCUT2D eigenvalue weighted by atomic mass is 16.3. The Kier molecular flexibility index (Phi) is 5.84. The van der Waals surface area contributed by atoms with E-state index >= 15 is 0 Å². The van der Waals surface area contributed by atoms with Crippen LogP contribution in [0.4, 0.5) is 0 Å². The van der Waals surface area contributed by atoms with Gasteiger partial charge in [-0.05, 0) is 25.7 Å². The summed E-state index contributed by atoms with van der Waals surface area (Å²) in [7, 11) is 3.51. The van der Waals surface area contributed by atoms with Gasteiger partial charge in [-0.25, -0.2) is 4.79 Å². The van der Waals surface area contributed by atoms with E-state index in [1.165, 1.54) is 15.3 Å². The predicted octanol–water partition coefficient (Wildman–Crippen LogP) is 2.62. The van der Waals surface area contributed by atoms with Gasteiger partial charge in [0.1, 0.15) is 5.56 Å². The number of hydrazone groups is 1. The Labute approximate surface area is 153 Å². The fourth-order valence-electron chi connectivity index (χ4n) is 4.26. The number of aromatic hydroxyl groups is 1. The second-order valence-corrected chi connectivity index (χ2v) is 7.74. The minimum atomic E-state index is -0.419. The highest BCUT2D eigenvalue weighted by Gasteiger charge is 2.28. The summed E-state index contributed by atoms with van der Waals surface area (Å²) in [6.07, 6.45) is 11.2. The van der Waals surface area contributed by atoms with Gasteiger partial charge in [0, 0.05) is 26.2 Å². The molecule has 0 bridgehead atoms. The normalized spacial score (nSPS) is 19.9. The van der Waals surface area contributed by atoms with Crippen molar-refractivity contribution in [3.63, 3.8) is 0 Å². The van der Waals surface area contributed by atoms with Gasteiger partial charge in [0.15, 0.2) is 0 Å². The molecule has 3 rings (SSSR count). The van der Waals surface area contributed by atoms with Crippen molar-refractivity contribution >= 4 is 6.21 Å². The Morgan fingerprint density at radius 3 is 1.92 bits per heavy atom. The lowest BCUT2D eigenvalue weighted by molar-refractivity contribution is 0.271. The van der Waals surface area contributed by atoms with Crippen LogP contribution in [0.15, 0.2) is 14.7 Å². The van der Waals surface area contributed by atoms with Gasteiger partial charge in [0.2, 0.25) is 5.88 Å². The topological polar surface area (TPSA) is 79.8 Å². The molecule has 7 nitrogen and oxygen atoms in total. The number of aromatic nitrogens is 2. The Bertz CT molecular complexity index is 766. The van der Waals surface area contributed by atoms with Crippen molar-refractivity contribution in [3.05, 3.63) is 26.4 Å². The second-order valence-electron chi connectivity index (χ2n) is 7.74. The molecule has 26 heavy (non-hydrogen) atoms. The van der Waals surface area contributed by atoms with E-state index in [2.05, 4.69) is 5.10 Å². The van der Waals surface area contributed by atoms with Crippen molar-refractivity contribution in [2.45, 2.75) is 76.3 Å². The molecule has 0 atom stereocenters. The highest BCUT2D eigenvalue weighted by molar-refractivity contribution is 5.81. The van der Waals surface area contributed by atoms with Crippen LogP contribution in [0.3, 0.4) is 0 Å². The van der Waals surface area contributed by atoms with Crippen LogP contribution in [0.25, 0.3) is 0 Å². The molecule has 1 aromatic rings. The van der Waals surface area contributed by atoms with Gasteiger partial charge < -0.3 is 10.1 Å². The number of hydrogen-bond acceptors (Lipinski definition) is 5. The molecule has 2 fully saturated rings. The van der Waals surface area contributed by atoms with Crippen LogP contribution in [0.1, 0.15) is 81.9 Å². The molecule has 1 heterocycles. The Morgan fingerprint density at radius 2 is 1.42 bits per heavy atom. The zero-order valence-electron chi connectivity index (χ0n) is 15.9. The van der Waals surface area contributed by atoms with Crippen LogP contribution in [-0.4, -0.2) is 39.6 Å². The third-order valence-corrected chi connectivity index (χ3v) is 5.63. The zero-order valence-corrected chi connectivity index (χ0v) is 15.9. The summed E-state index contributed by atoms with van der Waals surface area (Å²) >= 11 is 0. The molecule has 0 aliphatic heterocycles. The van der Waals surface area contributed by atoms with E-state index in [0.717, 1.165) is 64.2 Å². The SMILES string of the molecule is CN(C)/N=C/c1c(O)n(C2CCCCC2)c(=O)n(C2CCCCC2)c1=O. The summed E-state index contributed by atoms with van der Waals surface area (Å²) in [5.74, 6) is -0.232. The quantitative estimate of drug-likeness (QED) is 0.659. The van der Waals surface area contributed by atoms with Gasteiger partial charge in [0.25, 0.3) is 5.56 Å². The van der Waals surface area contributed by atoms with E-state index in [9.17, 15) is 14.7 Å². The predicted molar refractivity (Wildman–Crippen MR) is 102 cm³/mol. The van der Waals surface area contributed by atoms with E-state index in [0.29, 0.717) is 0 Å². The fraction of sp³-hybridized carbons (Fsp3) is 0.737. The zero-order chi connectivity index (χ0) is 18.7. The van der Waals surface area contributed by atoms with Gasteiger partial charge in [-0.15, -0.1) is 0 Å². The van der Waals surface area contributed by atoms with Gasteiger partial charge in [-0.3, -0.25) is 13.9 Å². The van der Waals surface area contributed by atoms with Crippen molar-refractivity contribution in [3.8, 4) is 5.88 Å². The van der Waals surface area contributed by atoms with E-state index < -0.39 is 5.56 Å². The monoisotopic (exact) mass is 362 g/mol. The molecule has 7 heteroatoms.